The van der Waals surface area contributed by atoms with Gasteiger partial charge in [0.15, 0.2) is 6.61 Å². The minimum absolute atomic E-state index is 0.0577. The van der Waals surface area contributed by atoms with Crippen LogP contribution < -0.4 is 10.5 Å². The van der Waals surface area contributed by atoms with Crippen molar-refractivity contribution < 1.29 is 14.3 Å². The molecule has 0 fully saturated rings. The van der Waals surface area contributed by atoms with E-state index in [2.05, 4.69) is 0 Å². The molecule has 1 unspecified atom stereocenters. The molecule has 0 amide bonds. The summed E-state index contributed by atoms with van der Waals surface area (Å²) in [5, 5.41) is 0. The number of hydrogen-bond acceptors (Lipinski definition) is 4. The first-order valence-corrected chi connectivity index (χ1v) is 5.75. The van der Waals surface area contributed by atoms with E-state index in [-0.39, 0.29) is 18.6 Å². The van der Waals surface area contributed by atoms with Gasteiger partial charge in [0.1, 0.15) is 5.75 Å². The fourth-order valence-electron chi connectivity index (χ4n) is 1.50. The van der Waals surface area contributed by atoms with E-state index < -0.39 is 0 Å². The van der Waals surface area contributed by atoms with Gasteiger partial charge in [0.2, 0.25) is 0 Å². The highest BCUT2D eigenvalue weighted by Gasteiger charge is 2.08. The van der Waals surface area contributed by atoms with Gasteiger partial charge in [-0.3, -0.25) is 0 Å². The quantitative estimate of drug-likeness (QED) is 0.762. The zero-order chi connectivity index (χ0) is 12.7. The monoisotopic (exact) mass is 237 g/mol. The van der Waals surface area contributed by atoms with E-state index >= 15 is 0 Å². The first kappa shape index (κ1) is 13.5. The molecular weight excluding hydrogens is 218 g/mol. The number of ether oxygens (including phenoxy) is 2. The summed E-state index contributed by atoms with van der Waals surface area (Å²) in [6, 6.07) is 7.63. The number of carbonyl (C=O) groups excluding carboxylic acids is 1. The maximum absolute atomic E-state index is 11.2. The van der Waals surface area contributed by atoms with Crippen LogP contribution in [0.25, 0.3) is 0 Å². The molecule has 0 radical (unpaired) electrons. The first-order chi connectivity index (χ1) is 8.13. The molecule has 0 heterocycles. The molecule has 0 spiro atoms. The minimum Gasteiger partial charge on any atom is -0.482 e. The average molecular weight is 237 g/mol. The topological polar surface area (TPSA) is 61.5 Å². The van der Waals surface area contributed by atoms with Gasteiger partial charge in [0.05, 0.1) is 6.61 Å². The van der Waals surface area contributed by atoms with Crippen molar-refractivity contribution in [2.45, 2.75) is 26.3 Å². The van der Waals surface area contributed by atoms with Crippen LogP contribution in [0.1, 0.15) is 19.4 Å². The van der Waals surface area contributed by atoms with Crippen molar-refractivity contribution in [3.05, 3.63) is 29.8 Å². The molecule has 0 bridgehead atoms. The lowest BCUT2D eigenvalue weighted by Gasteiger charge is -2.12. The first-order valence-electron chi connectivity index (χ1n) is 5.75. The number of esters is 1. The van der Waals surface area contributed by atoms with Crippen LogP contribution in [0.3, 0.4) is 0 Å². The molecular formula is C13H19NO3. The number of rotatable bonds is 6. The van der Waals surface area contributed by atoms with E-state index in [1.54, 1.807) is 6.92 Å². The summed E-state index contributed by atoms with van der Waals surface area (Å²) in [5.41, 5.74) is 6.76. The average Bonchev–Trinajstić information content (AvgIpc) is 2.27. The summed E-state index contributed by atoms with van der Waals surface area (Å²) in [4.78, 5) is 11.2. The van der Waals surface area contributed by atoms with Gasteiger partial charge in [0, 0.05) is 6.04 Å². The molecule has 0 aliphatic rings. The lowest BCUT2D eigenvalue weighted by Crippen LogP contribution is -2.19. The van der Waals surface area contributed by atoms with Gasteiger partial charge >= 0.3 is 5.97 Å². The third kappa shape index (κ3) is 4.87. The van der Waals surface area contributed by atoms with Crippen LogP contribution in [0, 0.1) is 0 Å². The Morgan fingerprint density at radius 3 is 2.76 bits per heavy atom. The molecule has 4 nitrogen and oxygen atoms in total. The van der Waals surface area contributed by atoms with Crippen molar-refractivity contribution in [2.24, 2.45) is 5.73 Å². The molecule has 1 rings (SSSR count). The van der Waals surface area contributed by atoms with Crippen molar-refractivity contribution in [3.8, 4) is 5.75 Å². The number of para-hydroxylation sites is 1. The molecule has 0 saturated carbocycles. The molecule has 4 heteroatoms. The molecule has 1 aromatic carbocycles. The van der Waals surface area contributed by atoms with E-state index in [0.29, 0.717) is 12.4 Å². The third-order valence-corrected chi connectivity index (χ3v) is 2.17. The molecule has 0 aromatic heterocycles. The fourth-order valence-corrected chi connectivity index (χ4v) is 1.50. The van der Waals surface area contributed by atoms with Gasteiger partial charge < -0.3 is 15.2 Å². The Morgan fingerprint density at radius 1 is 1.41 bits per heavy atom. The van der Waals surface area contributed by atoms with E-state index in [1.165, 1.54) is 0 Å². The lowest BCUT2D eigenvalue weighted by atomic mass is 10.1. The third-order valence-electron chi connectivity index (χ3n) is 2.17. The van der Waals surface area contributed by atoms with Crippen LogP contribution in [0.15, 0.2) is 24.3 Å². The number of hydrogen-bond donors (Lipinski definition) is 1. The largest absolute Gasteiger partial charge is 0.482 e. The molecule has 0 aliphatic carbocycles. The summed E-state index contributed by atoms with van der Waals surface area (Å²) < 4.78 is 10.2. The Labute approximate surface area is 102 Å². The summed E-state index contributed by atoms with van der Waals surface area (Å²) in [5.74, 6) is 0.334. The predicted molar refractivity (Wildman–Crippen MR) is 65.9 cm³/mol. The van der Waals surface area contributed by atoms with Gasteiger partial charge in [-0.25, -0.2) is 4.79 Å². The molecule has 1 aromatic rings. The maximum Gasteiger partial charge on any atom is 0.344 e. The van der Waals surface area contributed by atoms with Gasteiger partial charge in [0.25, 0.3) is 0 Å². The molecule has 94 valence electrons. The Balaban J connectivity index is 2.60. The van der Waals surface area contributed by atoms with Crippen molar-refractivity contribution in [1.29, 1.82) is 0 Å². The summed E-state index contributed by atoms with van der Waals surface area (Å²) >= 11 is 0. The Morgan fingerprint density at radius 2 is 2.12 bits per heavy atom. The highest BCUT2D eigenvalue weighted by Crippen LogP contribution is 2.19. The van der Waals surface area contributed by atoms with E-state index in [0.717, 1.165) is 12.0 Å². The van der Waals surface area contributed by atoms with Crippen LogP contribution in [0.2, 0.25) is 0 Å². The Bertz CT molecular complexity index is 363. The fraction of sp³-hybridized carbons (Fsp3) is 0.462. The van der Waals surface area contributed by atoms with Crippen LogP contribution in [-0.4, -0.2) is 25.2 Å². The van der Waals surface area contributed by atoms with E-state index in [9.17, 15) is 4.79 Å². The zero-order valence-corrected chi connectivity index (χ0v) is 10.3. The lowest BCUT2D eigenvalue weighted by molar-refractivity contribution is -0.145. The molecule has 2 N–H and O–H groups in total. The highest BCUT2D eigenvalue weighted by molar-refractivity contribution is 5.71. The Hall–Kier alpha value is -1.55. The smallest absolute Gasteiger partial charge is 0.344 e. The SMILES string of the molecule is CCOC(=O)COc1ccccc1CC(C)N. The minimum atomic E-state index is -0.358. The van der Waals surface area contributed by atoms with Crippen molar-refractivity contribution in [3.63, 3.8) is 0 Å². The second-order valence-electron chi connectivity index (χ2n) is 3.88. The van der Waals surface area contributed by atoms with Gasteiger partial charge in [-0.15, -0.1) is 0 Å². The Kier molecular flexibility index (Phi) is 5.49. The van der Waals surface area contributed by atoms with Crippen molar-refractivity contribution in [1.82, 2.24) is 0 Å². The van der Waals surface area contributed by atoms with Crippen LogP contribution in [0.4, 0.5) is 0 Å². The van der Waals surface area contributed by atoms with E-state index in [1.807, 2.05) is 31.2 Å². The number of nitrogens with two attached hydrogens (primary N) is 1. The second kappa shape index (κ2) is 6.91. The van der Waals surface area contributed by atoms with Gasteiger partial charge in [-0.1, -0.05) is 18.2 Å². The van der Waals surface area contributed by atoms with Gasteiger partial charge in [-0.05, 0) is 31.9 Å². The van der Waals surface area contributed by atoms with Crippen LogP contribution in [-0.2, 0) is 16.0 Å². The number of benzene rings is 1. The predicted octanol–water partition coefficient (Wildman–Crippen LogP) is 1.52. The summed E-state index contributed by atoms with van der Waals surface area (Å²) in [6.45, 7) is 4.00. The normalized spacial score (nSPS) is 11.9. The van der Waals surface area contributed by atoms with Crippen molar-refractivity contribution >= 4 is 5.97 Å². The second-order valence-corrected chi connectivity index (χ2v) is 3.88. The van der Waals surface area contributed by atoms with Crippen molar-refractivity contribution in [2.75, 3.05) is 13.2 Å². The standard InChI is InChI=1S/C13H19NO3/c1-3-16-13(15)9-17-12-7-5-4-6-11(12)8-10(2)14/h4-7,10H,3,8-9,14H2,1-2H3. The zero-order valence-electron chi connectivity index (χ0n) is 10.3. The molecule has 0 saturated heterocycles. The van der Waals surface area contributed by atoms with Gasteiger partial charge in [-0.2, -0.15) is 0 Å². The summed E-state index contributed by atoms with van der Waals surface area (Å²) in [7, 11) is 0. The van der Waals surface area contributed by atoms with Crippen LogP contribution in [0.5, 0.6) is 5.75 Å². The summed E-state index contributed by atoms with van der Waals surface area (Å²) in [6.07, 6.45) is 0.721. The highest BCUT2D eigenvalue weighted by atomic mass is 16.6. The molecule has 1 atom stereocenters. The molecule has 17 heavy (non-hydrogen) atoms. The molecule has 0 aliphatic heterocycles. The number of carbonyl (C=O) groups is 1. The maximum atomic E-state index is 11.2. The van der Waals surface area contributed by atoms with E-state index in [4.69, 9.17) is 15.2 Å². The van der Waals surface area contributed by atoms with Crippen LogP contribution >= 0.6 is 0 Å².